The fourth-order valence-corrected chi connectivity index (χ4v) is 1.79. The molecule has 0 fully saturated rings. The summed E-state index contributed by atoms with van der Waals surface area (Å²) in [6, 6.07) is 7.15. The highest BCUT2D eigenvalue weighted by atomic mass is 15.1. The summed E-state index contributed by atoms with van der Waals surface area (Å²) in [5.74, 6) is 0. The van der Waals surface area contributed by atoms with Gasteiger partial charge in [0.05, 0.1) is 0 Å². The molecule has 0 aliphatic carbocycles. The molecular formula is C14H24N2. The predicted octanol–water partition coefficient (Wildman–Crippen LogP) is 2.52. The van der Waals surface area contributed by atoms with Crippen molar-refractivity contribution < 1.29 is 0 Å². The summed E-state index contributed by atoms with van der Waals surface area (Å²) in [4.78, 5) is 2.33. The van der Waals surface area contributed by atoms with E-state index in [2.05, 4.69) is 56.2 Å². The first kappa shape index (κ1) is 13.2. The van der Waals surface area contributed by atoms with E-state index in [4.69, 9.17) is 0 Å². The van der Waals surface area contributed by atoms with Gasteiger partial charge in [0.1, 0.15) is 0 Å². The highest BCUT2D eigenvalue weighted by molar-refractivity contribution is 5.31. The lowest BCUT2D eigenvalue weighted by Gasteiger charge is -2.23. The molecule has 1 aromatic rings. The van der Waals surface area contributed by atoms with Crippen LogP contribution in [-0.2, 0) is 0 Å². The lowest BCUT2D eigenvalue weighted by Crippen LogP contribution is -2.31. The van der Waals surface area contributed by atoms with Gasteiger partial charge < -0.3 is 10.2 Å². The van der Waals surface area contributed by atoms with Crippen LogP contribution in [0.5, 0.6) is 0 Å². The minimum Gasteiger partial charge on any atom is -0.312 e. The second-order valence-corrected chi connectivity index (χ2v) is 4.54. The van der Waals surface area contributed by atoms with E-state index in [-0.39, 0.29) is 0 Å². The topological polar surface area (TPSA) is 15.3 Å². The first-order valence-electron chi connectivity index (χ1n) is 6.01. The Labute approximate surface area is 99.7 Å². The second-order valence-electron chi connectivity index (χ2n) is 4.54. The van der Waals surface area contributed by atoms with Crippen molar-refractivity contribution in [3.8, 4) is 0 Å². The van der Waals surface area contributed by atoms with Gasteiger partial charge in [-0.2, -0.15) is 0 Å². The van der Waals surface area contributed by atoms with Gasteiger partial charge in [0.25, 0.3) is 0 Å². The quantitative estimate of drug-likeness (QED) is 0.820. The summed E-state index contributed by atoms with van der Waals surface area (Å²) in [5, 5.41) is 3.39. The van der Waals surface area contributed by atoms with Crippen LogP contribution in [0.4, 0.5) is 0 Å². The van der Waals surface area contributed by atoms with Crippen LogP contribution >= 0.6 is 0 Å². The van der Waals surface area contributed by atoms with Crippen molar-refractivity contribution in [2.75, 3.05) is 27.2 Å². The van der Waals surface area contributed by atoms with Crippen LogP contribution in [-0.4, -0.2) is 32.1 Å². The van der Waals surface area contributed by atoms with E-state index in [0.29, 0.717) is 6.04 Å². The molecular weight excluding hydrogens is 196 g/mol. The van der Waals surface area contributed by atoms with Crippen LogP contribution in [0.25, 0.3) is 0 Å². The average Bonchev–Trinajstić information content (AvgIpc) is 2.29. The molecule has 2 heteroatoms. The monoisotopic (exact) mass is 220 g/mol. The molecule has 0 aromatic heterocycles. The van der Waals surface area contributed by atoms with Gasteiger partial charge in [0.15, 0.2) is 0 Å². The molecule has 0 bridgehead atoms. The number of benzene rings is 1. The number of aryl methyl sites for hydroxylation is 2. The van der Waals surface area contributed by atoms with Crippen molar-refractivity contribution in [2.24, 2.45) is 0 Å². The van der Waals surface area contributed by atoms with Gasteiger partial charge in [0.2, 0.25) is 0 Å². The molecule has 0 aliphatic heterocycles. The van der Waals surface area contributed by atoms with Crippen LogP contribution in [0.15, 0.2) is 18.2 Å². The van der Waals surface area contributed by atoms with E-state index in [9.17, 15) is 0 Å². The standard InChI is InChI=1S/C14H24N2/c1-6-16(5)10-14(15-4)13-8-7-11(2)12(3)9-13/h7-9,14-15H,6,10H2,1-5H3. The second kappa shape index (κ2) is 6.02. The maximum absolute atomic E-state index is 3.39. The normalized spacial score (nSPS) is 13.1. The summed E-state index contributed by atoms with van der Waals surface area (Å²) in [5.41, 5.74) is 4.12. The van der Waals surface area contributed by atoms with E-state index in [1.807, 2.05) is 7.05 Å². The van der Waals surface area contributed by atoms with Crippen LogP contribution in [0.2, 0.25) is 0 Å². The number of hydrogen-bond acceptors (Lipinski definition) is 2. The van der Waals surface area contributed by atoms with Crippen molar-refractivity contribution in [1.29, 1.82) is 0 Å². The molecule has 1 aromatic carbocycles. The third kappa shape index (κ3) is 3.32. The third-order valence-electron chi connectivity index (χ3n) is 3.32. The van der Waals surface area contributed by atoms with E-state index in [0.717, 1.165) is 13.1 Å². The van der Waals surface area contributed by atoms with Crippen molar-refractivity contribution >= 4 is 0 Å². The maximum Gasteiger partial charge on any atom is 0.0446 e. The average molecular weight is 220 g/mol. The molecule has 0 saturated heterocycles. The number of rotatable bonds is 5. The largest absolute Gasteiger partial charge is 0.312 e. The van der Waals surface area contributed by atoms with Crippen molar-refractivity contribution in [1.82, 2.24) is 10.2 Å². The minimum absolute atomic E-state index is 0.421. The van der Waals surface area contributed by atoms with E-state index < -0.39 is 0 Å². The molecule has 1 atom stereocenters. The van der Waals surface area contributed by atoms with E-state index >= 15 is 0 Å². The fourth-order valence-electron chi connectivity index (χ4n) is 1.79. The Balaban J connectivity index is 2.82. The molecule has 0 saturated carbocycles. The lowest BCUT2D eigenvalue weighted by atomic mass is 10.0. The Morgan fingerprint density at radius 2 is 1.94 bits per heavy atom. The molecule has 0 heterocycles. The minimum atomic E-state index is 0.421. The van der Waals surface area contributed by atoms with Crippen LogP contribution in [0.1, 0.15) is 29.7 Å². The predicted molar refractivity (Wildman–Crippen MR) is 70.9 cm³/mol. The van der Waals surface area contributed by atoms with E-state index in [1.54, 1.807) is 0 Å². The SMILES string of the molecule is CCN(C)CC(NC)c1ccc(C)c(C)c1. The molecule has 90 valence electrons. The summed E-state index contributed by atoms with van der Waals surface area (Å²) < 4.78 is 0. The molecule has 0 aliphatic rings. The number of nitrogens with one attached hydrogen (secondary N) is 1. The zero-order valence-electron chi connectivity index (χ0n) is 11.2. The summed E-state index contributed by atoms with van der Waals surface area (Å²) >= 11 is 0. The number of hydrogen-bond donors (Lipinski definition) is 1. The summed E-state index contributed by atoms with van der Waals surface area (Å²) in [7, 11) is 4.19. The zero-order chi connectivity index (χ0) is 12.1. The van der Waals surface area contributed by atoms with Gasteiger partial charge in [-0.15, -0.1) is 0 Å². The molecule has 0 amide bonds. The molecule has 16 heavy (non-hydrogen) atoms. The summed E-state index contributed by atoms with van der Waals surface area (Å²) in [6.45, 7) is 8.66. The Morgan fingerprint density at radius 3 is 2.44 bits per heavy atom. The van der Waals surface area contributed by atoms with Gasteiger partial charge in [-0.3, -0.25) is 0 Å². The van der Waals surface area contributed by atoms with Gasteiger partial charge in [0, 0.05) is 12.6 Å². The fraction of sp³-hybridized carbons (Fsp3) is 0.571. The van der Waals surface area contributed by atoms with Gasteiger partial charge in [-0.05, 0) is 51.2 Å². The van der Waals surface area contributed by atoms with Gasteiger partial charge in [-0.25, -0.2) is 0 Å². The molecule has 0 radical (unpaired) electrons. The zero-order valence-corrected chi connectivity index (χ0v) is 11.2. The highest BCUT2D eigenvalue weighted by Crippen LogP contribution is 2.17. The van der Waals surface area contributed by atoms with Crippen molar-refractivity contribution in [3.05, 3.63) is 34.9 Å². The molecule has 1 N–H and O–H groups in total. The Kier molecular flexibility index (Phi) is 4.97. The highest BCUT2D eigenvalue weighted by Gasteiger charge is 2.11. The maximum atomic E-state index is 3.39. The van der Waals surface area contributed by atoms with Crippen molar-refractivity contribution in [3.63, 3.8) is 0 Å². The first-order valence-corrected chi connectivity index (χ1v) is 6.01. The number of likely N-dealkylation sites (N-methyl/N-ethyl adjacent to an activating group) is 2. The van der Waals surface area contributed by atoms with Crippen LogP contribution in [0, 0.1) is 13.8 Å². The molecule has 0 spiro atoms. The third-order valence-corrected chi connectivity index (χ3v) is 3.32. The van der Waals surface area contributed by atoms with Gasteiger partial charge in [-0.1, -0.05) is 25.1 Å². The smallest absolute Gasteiger partial charge is 0.0446 e. The first-order chi connectivity index (χ1) is 7.58. The Morgan fingerprint density at radius 1 is 1.25 bits per heavy atom. The number of nitrogens with zero attached hydrogens (tertiary/aromatic N) is 1. The lowest BCUT2D eigenvalue weighted by molar-refractivity contribution is 0.311. The molecule has 1 rings (SSSR count). The van der Waals surface area contributed by atoms with E-state index in [1.165, 1.54) is 16.7 Å². The Bertz CT molecular complexity index is 334. The molecule has 1 unspecified atom stereocenters. The van der Waals surface area contributed by atoms with Crippen LogP contribution < -0.4 is 5.32 Å². The Hall–Kier alpha value is -0.860. The van der Waals surface area contributed by atoms with Crippen molar-refractivity contribution in [2.45, 2.75) is 26.8 Å². The summed E-state index contributed by atoms with van der Waals surface area (Å²) in [6.07, 6.45) is 0. The molecule has 2 nitrogen and oxygen atoms in total. The van der Waals surface area contributed by atoms with Crippen LogP contribution in [0.3, 0.4) is 0 Å². The van der Waals surface area contributed by atoms with Gasteiger partial charge >= 0.3 is 0 Å².